The summed E-state index contributed by atoms with van der Waals surface area (Å²) in [5.74, 6) is 0.318. The third-order valence-electron chi connectivity index (χ3n) is 3.54. The summed E-state index contributed by atoms with van der Waals surface area (Å²) in [7, 11) is 0.239. The summed E-state index contributed by atoms with van der Waals surface area (Å²) in [6.45, 7) is 1.89. The van der Waals surface area contributed by atoms with Crippen molar-refractivity contribution in [3.05, 3.63) is 0 Å². The SMILES string of the molecule is COC(OC)C1(N2CCCC2)CS(=O)(=O)C1. The van der Waals surface area contributed by atoms with Crippen LogP contribution in [0.1, 0.15) is 12.8 Å². The van der Waals surface area contributed by atoms with Crippen molar-refractivity contribution in [3.63, 3.8) is 0 Å². The van der Waals surface area contributed by atoms with Crippen LogP contribution in [0.4, 0.5) is 0 Å². The highest BCUT2D eigenvalue weighted by atomic mass is 32.2. The molecule has 0 atom stereocenters. The van der Waals surface area contributed by atoms with Gasteiger partial charge in [-0.05, 0) is 25.9 Å². The van der Waals surface area contributed by atoms with E-state index in [1.807, 2.05) is 0 Å². The summed E-state index contributed by atoms with van der Waals surface area (Å²) in [5.41, 5.74) is -0.446. The Balaban J connectivity index is 2.20. The second-order valence-corrected chi connectivity index (χ2v) is 6.70. The molecule has 0 N–H and O–H groups in total. The summed E-state index contributed by atoms with van der Waals surface area (Å²) >= 11 is 0. The molecule has 0 bridgehead atoms. The van der Waals surface area contributed by atoms with Crippen molar-refractivity contribution >= 4 is 9.84 Å². The molecule has 2 heterocycles. The fourth-order valence-corrected chi connectivity index (χ4v) is 4.96. The quantitative estimate of drug-likeness (QED) is 0.650. The first-order valence-electron chi connectivity index (χ1n) is 5.55. The van der Waals surface area contributed by atoms with Gasteiger partial charge in [-0.3, -0.25) is 4.90 Å². The minimum absolute atomic E-state index is 0.159. The van der Waals surface area contributed by atoms with Gasteiger partial charge in [0.05, 0.1) is 11.5 Å². The van der Waals surface area contributed by atoms with Crippen LogP contribution in [0.25, 0.3) is 0 Å². The molecule has 0 unspecified atom stereocenters. The maximum Gasteiger partial charge on any atom is 0.177 e. The van der Waals surface area contributed by atoms with Gasteiger partial charge in [-0.1, -0.05) is 0 Å². The van der Waals surface area contributed by atoms with Gasteiger partial charge in [0, 0.05) is 14.2 Å². The van der Waals surface area contributed by atoms with Gasteiger partial charge < -0.3 is 9.47 Å². The van der Waals surface area contributed by atoms with Crippen molar-refractivity contribution in [2.75, 3.05) is 38.8 Å². The molecule has 0 aromatic carbocycles. The Labute approximate surface area is 96.6 Å². The lowest BCUT2D eigenvalue weighted by molar-refractivity contribution is -0.177. The van der Waals surface area contributed by atoms with Crippen molar-refractivity contribution in [1.82, 2.24) is 4.90 Å². The predicted molar refractivity (Wildman–Crippen MR) is 60.0 cm³/mol. The number of methoxy groups -OCH3 is 2. The van der Waals surface area contributed by atoms with Crippen molar-refractivity contribution in [3.8, 4) is 0 Å². The van der Waals surface area contributed by atoms with E-state index in [0.717, 1.165) is 25.9 Å². The summed E-state index contributed by atoms with van der Waals surface area (Å²) in [6.07, 6.45) is 1.80. The van der Waals surface area contributed by atoms with Gasteiger partial charge in [-0.25, -0.2) is 8.42 Å². The highest BCUT2D eigenvalue weighted by Gasteiger charge is 2.58. The Morgan fingerprint density at radius 1 is 1.12 bits per heavy atom. The van der Waals surface area contributed by atoms with Gasteiger partial charge >= 0.3 is 0 Å². The zero-order valence-corrected chi connectivity index (χ0v) is 10.6. The normalized spacial score (nSPS) is 28.2. The molecule has 0 radical (unpaired) electrons. The van der Waals surface area contributed by atoms with Crippen LogP contribution in [0.15, 0.2) is 0 Å². The van der Waals surface area contributed by atoms with E-state index >= 15 is 0 Å². The number of hydrogen-bond acceptors (Lipinski definition) is 5. The number of nitrogens with zero attached hydrogens (tertiary/aromatic N) is 1. The fourth-order valence-electron chi connectivity index (χ4n) is 2.88. The van der Waals surface area contributed by atoms with E-state index in [2.05, 4.69) is 4.90 Å². The maximum atomic E-state index is 11.5. The van der Waals surface area contributed by atoms with Gasteiger partial charge in [0.15, 0.2) is 16.1 Å². The first kappa shape index (κ1) is 12.3. The lowest BCUT2D eigenvalue weighted by Gasteiger charge is -2.50. The molecular formula is C10H19NO4S. The maximum absolute atomic E-state index is 11.5. The Hall–Kier alpha value is -0.170. The molecule has 6 heteroatoms. The molecule has 0 aromatic rings. The number of sulfone groups is 1. The molecule has 0 spiro atoms. The van der Waals surface area contributed by atoms with Crippen molar-refractivity contribution < 1.29 is 17.9 Å². The fraction of sp³-hybridized carbons (Fsp3) is 1.00. The van der Waals surface area contributed by atoms with Gasteiger partial charge in [0.25, 0.3) is 0 Å². The lowest BCUT2D eigenvalue weighted by atomic mass is 10.0. The minimum Gasteiger partial charge on any atom is -0.354 e. The monoisotopic (exact) mass is 249 g/mol. The molecule has 2 saturated heterocycles. The van der Waals surface area contributed by atoms with Crippen molar-refractivity contribution in [2.24, 2.45) is 0 Å². The van der Waals surface area contributed by atoms with Crippen LogP contribution in [-0.2, 0) is 19.3 Å². The van der Waals surface area contributed by atoms with Crippen molar-refractivity contribution in [2.45, 2.75) is 24.7 Å². The summed E-state index contributed by atoms with van der Waals surface area (Å²) in [5, 5.41) is 0. The molecule has 0 amide bonds. The van der Waals surface area contributed by atoms with Crippen LogP contribution in [0.5, 0.6) is 0 Å². The minimum atomic E-state index is -2.89. The Morgan fingerprint density at radius 2 is 1.62 bits per heavy atom. The highest BCUT2D eigenvalue weighted by Crippen LogP contribution is 2.37. The molecule has 2 aliphatic rings. The topological polar surface area (TPSA) is 55.8 Å². The molecule has 94 valence electrons. The molecule has 16 heavy (non-hydrogen) atoms. The molecule has 2 fully saturated rings. The number of ether oxygens (including phenoxy) is 2. The first-order chi connectivity index (χ1) is 7.54. The molecule has 5 nitrogen and oxygen atoms in total. The molecule has 2 rings (SSSR count). The Bertz CT molecular complexity index is 328. The van der Waals surface area contributed by atoms with E-state index in [1.165, 1.54) is 0 Å². The second kappa shape index (κ2) is 4.25. The predicted octanol–water partition coefficient (Wildman–Crippen LogP) is -0.132. The summed E-state index contributed by atoms with van der Waals surface area (Å²) in [4.78, 5) is 2.21. The van der Waals surface area contributed by atoms with E-state index < -0.39 is 21.7 Å². The van der Waals surface area contributed by atoms with Crippen LogP contribution < -0.4 is 0 Å². The number of rotatable bonds is 4. The average Bonchev–Trinajstić information content (AvgIpc) is 2.69. The molecule has 0 aromatic heterocycles. The van der Waals surface area contributed by atoms with E-state index in [4.69, 9.17) is 9.47 Å². The van der Waals surface area contributed by atoms with E-state index in [9.17, 15) is 8.42 Å². The lowest BCUT2D eigenvalue weighted by Crippen LogP contribution is -2.71. The third kappa shape index (κ3) is 1.88. The standard InChI is InChI=1S/C10H19NO4S/c1-14-9(15-2)10(7-16(12,13)8-10)11-5-3-4-6-11/h9H,3-8H2,1-2H3. The smallest absolute Gasteiger partial charge is 0.177 e. The van der Waals surface area contributed by atoms with Gasteiger partial charge in [-0.15, -0.1) is 0 Å². The van der Waals surface area contributed by atoms with E-state index in [0.29, 0.717) is 0 Å². The molecule has 0 aliphatic carbocycles. The molecular weight excluding hydrogens is 230 g/mol. The summed E-state index contributed by atoms with van der Waals surface area (Å²) < 4.78 is 33.5. The van der Waals surface area contributed by atoms with E-state index in [-0.39, 0.29) is 11.5 Å². The van der Waals surface area contributed by atoms with Crippen LogP contribution in [-0.4, -0.2) is 64.0 Å². The zero-order chi connectivity index (χ0) is 11.8. The van der Waals surface area contributed by atoms with Crippen LogP contribution in [0, 0.1) is 0 Å². The van der Waals surface area contributed by atoms with Crippen LogP contribution >= 0.6 is 0 Å². The van der Waals surface area contributed by atoms with Crippen LogP contribution in [0.3, 0.4) is 0 Å². The zero-order valence-electron chi connectivity index (χ0n) is 9.81. The molecule has 0 saturated carbocycles. The summed E-state index contributed by atoms with van der Waals surface area (Å²) in [6, 6.07) is 0. The van der Waals surface area contributed by atoms with E-state index in [1.54, 1.807) is 14.2 Å². The Morgan fingerprint density at radius 3 is 2.00 bits per heavy atom. The first-order valence-corrected chi connectivity index (χ1v) is 7.37. The van der Waals surface area contributed by atoms with Gasteiger partial charge in [0.1, 0.15) is 5.54 Å². The average molecular weight is 249 g/mol. The third-order valence-corrected chi connectivity index (χ3v) is 5.42. The number of likely N-dealkylation sites (tertiary alicyclic amines) is 1. The second-order valence-electron chi connectivity index (χ2n) is 4.63. The highest BCUT2D eigenvalue weighted by molar-refractivity contribution is 7.93. The largest absolute Gasteiger partial charge is 0.354 e. The van der Waals surface area contributed by atoms with Gasteiger partial charge in [0.2, 0.25) is 0 Å². The molecule has 2 aliphatic heterocycles. The Kier molecular flexibility index (Phi) is 3.27. The van der Waals surface area contributed by atoms with Crippen molar-refractivity contribution in [1.29, 1.82) is 0 Å². The number of hydrogen-bond donors (Lipinski definition) is 0. The van der Waals surface area contributed by atoms with Gasteiger partial charge in [-0.2, -0.15) is 0 Å². The van der Waals surface area contributed by atoms with Crippen LogP contribution in [0.2, 0.25) is 0 Å².